The van der Waals surface area contributed by atoms with Crippen LogP contribution in [0, 0.1) is 10.1 Å². The van der Waals surface area contributed by atoms with E-state index in [-0.39, 0.29) is 29.7 Å². The summed E-state index contributed by atoms with van der Waals surface area (Å²) in [6.45, 7) is 3.05. The molecule has 1 aliphatic heterocycles. The summed E-state index contributed by atoms with van der Waals surface area (Å²) in [6, 6.07) is 10.3. The minimum Gasteiger partial charge on any atom is -0.467 e. The van der Waals surface area contributed by atoms with Crippen molar-refractivity contribution in [1.82, 2.24) is 10.2 Å². The molecule has 1 aromatic heterocycles. The minimum absolute atomic E-state index is 0. The molecule has 0 aliphatic carbocycles. The number of nitro groups is 1. The Morgan fingerprint density at radius 2 is 1.96 bits per heavy atom. The van der Waals surface area contributed by atoms with Crippen LogP contribution in [-0.2, 0) is 13.1 Å². The molecule has 0 bridgehead atoms. The van der Waals surface area contributed by atoms with Gasteiger partial charge in [0.15, 0.2) is 5.96 Å². The van der Waals surface area contributed by atoms with Crippen LogP contribution >= 0.6 is 24.0 Å². The fraction of sp³-hybridized carbons (Fsp3) is 0.353. The highest BCUT2D eigenvalue weighted by atomic mass is 127. The molecular formula is C17H21IN4O3. The molecule has 2 heterocycles. The largest absolute Gasteiger partial charge is 0.467 e. The number of non-ortho nitro benzene ring substituents is 1. The second kappa shape index (κ2) is 9.40. The van der Waals surface area contributed by atoms with E-state index in [0.29, 0.717) is 13.1 Å². The van der Waals surface area contributed by atoms with Crippen LogP contribution < -0.4 is 5.32 Å². The fourth-order valence-corrected chi connectivity index (χ4v) is 2.67. The third-order valence-corrected chi connectivity index (χ3v) is 3.96. The standard InChI is InChI=1S/C17H20N4O3.HI/c22-21(23)15-7-5-14(6-8-15)12-18-17(20-9-1-2-10-20)19-13-16-4-3-11-24-16;/h3-8,11H,1-2,9-10,12-13H2,(H,18,19);1H. The number of hydrogen-bond donors (Lipinski definition) is 1. The molecule has 7 nitrogen and oxygen atoms in total. The van der Waals surface area contributed by atoms with Crippen molar-refractivity contribution in [1.29, 1.82) is 0 Å². The molecule has 0 amide bonds. The summed E-state index contributed by atoms with van der Waals surface area (Å²) in [6.07, 6.45) is 3.98. The maximum absolute atomic E-state index is 10.7. The van der Waals surface area contributed by atoms with E-state index < -0.39 is 4.92 Å². The normalized spacial score (nSPS) is 14.2. The molecule has 1 saturated heterocycles. The maximum atomic E-state index is 10.7. The van der Waals surface area contributed by atoms with Gasteiger partial charge in [-0.3, -0.25) is 10.1 Å². The number of likely N-dealkylation sites (tertiary alicyclic amines) is 1. The van der Waals surface area contributed by atoms with Crippen LogP contribution in [-0.4, -0.2) is 28.9 Å². The highest BCUT2D eigenvalue weighted by Gasteiger charge is 2.16. The molecule has 3 rings (SSSR count). The van der Waals surface area contributed by atoms with Crippen molar-refractivity contribution in [3.63, 3.8) is 0 Å². The Bertz CT molecular complexity index is 695. The van der Waals surface area contributed by atoms with Gasteiger partial charge < -0.3 is 14.6 Å². The summed E-state index contributed by atoms with van der Waals surface area (Å²) < 4.78 is 5.35. The SMILES string of the molecule is I.O=[N+]([O-])c1ccc(CN=C(NCc2ccco2)N2CCCC2)cc1. The molecule has 1 aromatic carbocycles. The number of furan rings is 1. The zero-order chi connectivity index (χ0) is 16.8. The summed E-state index contributed by atoms with van der Waals surface area (Å²) in [5, 5.41) is 14.0. The molecule has 134 valence electrons. The third kappa shape index (κ3) is 5.45. The molecule has 1 N–H and O–H groups in total. The van der Waals surface area contributed by atoms with Crippen LogP contribution in [0.5, 0.6) is 0 Å². The van der Waals surface area contributed by atoms with Crippen molar-refractivity contribution in [2.75, 3.05) is 13.1 Å². The van der Waals surface area contributed by atoms with Gasteiger partial charge in [0.25, 0.3) is 5.69 Å². The lowest BCUT2D eigenvalue weighted by molar-refractivity contribution is -0.384. The van der Waals surface area contributed by atoms with Gasteiger partial charge in [0.05, 0.1) is 24.3 Å². The molecule has 0 radical (unpaired) electrons. The Kier molecular flexibility index (Phi) is 7.23. The molecule has 1 fully saturated rings. The van der Waals surface area contributed by atoms with Crippen LogP contribution in [0.15, 0.2) is 52.1 Å². The quantitative estimate of drug-likeness (QED) is 0.245. The smallest absolute Gasteiger partial charge is 0.269 e. The lowest BCUT2D eigenvalue weighted by Gasteiger charge is -2.21. The van der Waals surface area contributed by atoms with Gasteiger partial charge in [-0.2, -0.15) is 0 Å². The molecule has 0 unspecified atom stereocenters. The van der Waals surface area contributed by atoms with Crippen LogP contribution in [0.4, 0.5) is 5.69 Å². The topological polar surface area (TPSA) is 83.9 Å². The van der Waals surface area contributed by atoms with Crippen LogP contribution in [0.25, 0.3) is 0 Å². The average Bonchev–Trinajstić information content (AvgIpc) is 3.29. The lowest BCUT2D eigenvalue weighted by atomic mass is 10.2. The monoisotopic (exact) mass is 456 g/mol. The third-order valence-electron chi connectivity index (χ3n) is 3.96. The van der Waals surface area contributed by atoms with Crippen molar-refractivity contribution >= 4 is 35.6 Å². The summed E-state index contributed by atoms with van der Waals surface area (Å²) >= 11 is 0. The zero-order valence-corrected chi connectivity index (χ0v) is 16.1. The number of nitro benzene ring substituents is 1. The van der Waals surface area contributed by atoms with Gasteiger partial charge in [-0.05, 0) is 30.5 Å². The van der Waals surface area contributed by atoms with Gasteiger partial charge in [0.2, 0.25) is 0 Å². The number of benzene rings is 1. The number of nitrogens with zero attached hydrogens (tertiary/aromatic N) is 3. The highest BCUT2D eigenvalue weighted by molar-refractivity contribution is 14.0. The van der Waals surface area contributed by atoms with Gasteiger partial charge in [0.1, 0.15) is 5.76 Å². The van der Waals surface area contributed by atoms with Crippen LogP contribution in [0.3, 0.4) is 0 Å². The Morgan fingerprint density at radius 3 is 2.56 bits per heavy atom. The molecule has 8 heteroatoms. The summed E-state index contributed by atoms with van der Waals surface area (Å²) in [7, 11) is 0. The number of halogens is 1. The Balaban J connectivity index is 0.00000225. The Hall–Kier alpha value is -2.10. The van der Waals surface area contributed by atoms with Crippen molar-refractivity contribution in [2.45, 2.75) is 25.9 Å². The van der Waals surface area contributed by atoms with E-state index in [1.807, 2.05) is 12.1 Å². The van der Waals surface area contributed by atoms with Crippen molar-refractivity contribution in [3.8, 4) is 0 Å². The van der Waals surface area contributed by atoms with E-state index in [1.165, 1.54) is 25.0 Å². The Labute approximate surface area is 163 Å². The first-order valence-electron chi connectivity index (χ1n) is 8.01. The molecular weight excluding hydrogens is 435 g/mol. The molecule has 0 saturated carbocycles. The molecule has 2 aromatic rings. The second-order valence-corrected chi connectivity index (χ2v) is 5.69. The number of guanidine groups is 1. The van der Waals surface area contributed by atoms with Gasteiger partial charge in [-0.15, -0.1) is 24.0 Å². The van der Waals surface area contributed by atoms with E-state index in [2.05, 4.69) is 15.2 Å². The second-order valence-electron chi connectivity index (χ2n) is 5.69. The summed E-state index contributed by atoms with van der Waals surface area (Å²) in [5.41, 5.74) is 1.04. The minimum atomic E-state index is -0.395. The first-order valence-corrected chi connectivity index (χ1v) is 8.01. The molecule has 25 heavy (non-hydrogen) atoms. The number of hydrogen-bond acceptors (Lipinski definition) is 4. The van der Waals surface area contributed by atoms with E-state index in [4.69, 9.17) is 4.42 Å². The van der Waals surface area contributed by atoms with E-state index in [0.717, 1.165) is 30.4 Å². The summed E-state index contributed by atoms with van der Waals surface area (Å²) in [4.78, 5) is 17.2. The predicted octanol–water partition coefficient (Wildman–Crippen LogP) is 3.55. The maximum Gasteiger partial charge on any atom is 0.269 e. The van der Waals surface area contributed by atoms with Crippen molar-refractivity contribution < 1.29 is 9.34 Å². The molecule has 0 atom stereocenters. The number of aliphatic imine (C=N–C) groups is 1. The average molecular weight is 456 g/mol. The van der Waals surface area contributed by atoms with Gasteiger partial charge >= 0.3 is 0 Å². The predicted molar refractivity (Wildman–Crippen MR) is 106 cm³/mol. The first-order chi connectivity index (χ1) is 11.7. The number of nitrogens with one attached hydrogen (secondary N) is 1. The molecule has 1 aliphatic rings. The van der Waals surface area contributed by atoms with Crippen molar-refractivity contribution in [3.05, 3.63) is 64.1 Å². The van der Waals surface area contributed by atoms with Gasteiger partial charge in [-0.1, -0.05) is 12.1 Å². The number of rotatable bonds is 5. The van der Waals surface area contributed by atoms with Crippen molar-refractivity contribution in [2.24, 2.45) is 4.99 Å². The zero-order valence-electron chi connectivity index (χ0n) is 13.8. The highest BCUT2D eigenvalue weighted by Crippen LogP contribution is 2.13. The fourth-order valence-electron chi connectivity index (χ4n) is 2.67. The van der Waals surface area contributed by atoms with Crippen LogP contribution in [0.1, 0.15) is 24.2 Å². The van der Waals surface area contributed by atoms with Gasteiger partial charge in [-0.25, -0.2) is 4.99 Å². The molecule has 0 spiro atoms. The van der Waals surface area contributed by atoms with Gasteiger partial charge in [0, 0.05) is 25.2 Å². The van der Waals surface area contributed by atoms with E-state index >= 15 is 0 Å². The van der Waals surface area contributed by atoms with Crippen LogP contribution in [0.2, 0.25) is 0 Å². The van der Waals surface area contributed by atoms with E-state index in [1.54, 1.807) is 18.4 Å². The summed E-state index contributed by atoms with van der Waals surface area (Å²) in [5.74, 6) is 1.71. The Morgan fingerprint density at radius 1 is 1.24 bits per heavy atom. The first kappa shape index (κ1) is 19.2. The van der Waals surface area contributed by atoms with E-state index in [9.17, 15) is 10.1 Å². The lowest BCUT2D eigenvalue weighted by Crippen LogP contribution is -2.39.